The van der Waals surface area contributed by atoms with E-state index >= 15 is 0 Å². The second-order valence-corrected chi connectivity index (χ2v) is 5.74. The molecular formula is C10H18N2O4S. The second-order valence-electron chi connectivity index (χ2n) is 3.79. The van der Waals surface area contributed by atoms with Crippen LogP contribution >= 0.6 is 0 Å². The molecule has 0 saturated heterocycles. The van der Waals surface area contributed by atoms with Gasteiger partial charge in [0.2, 0.25) is 10.0 Å². The van der Waals surface area contributed by atoms with Crippen LogP contribution in [-0.2, 0) is 14.8 Å². The molecule has 0 fully saturated rings. The molecule has 2 unspecified atom stereocenters. The lowest BCUT2D eigenvalue weighted by molar-refractivity contribution is -0.138. The monoisotopic (exact) mass is 262 g/mol. The Morgan fingerprint density at radius 1 is 1.41 bits per heavy atom. The number of nitriles is 1. The molecule has 0 rings (SSSR count). The van der Waals surface area contributed by atoms with Gasteiger partial charge in [0.15, 0.2) is 5.25 Å². The summed E-state index contributed by atoms with van der Waals surface area (Å²) in [4.78, 5) is 10.5. The molecule has 2 atom stereocenters. The number of nitrogens with one attached hydrogen (secondary N) is 1. The van der Waals surface area contributed by atoms with E-state index in [2.05, 4.69) is 4.72 Å². The summed E-state index contributed by atoms with van der Waals surface area (Å²) in [6, 6.07) is 1.71. The van der Waals surface area contributed by atoms with Gasteiger partial charge in [-0.25, -0.2) is 13.1 Å². The quantitative estimate of drug-likeness (QED) is 0.669. The van der Waals surface area contributed by atoms with E-state index in [0.29, 0.717) is 6.42 Å². The lowest BCUT2D eigenvalue weighted by atomic mass is 10.0. The number of carboxylic acids is 1. The summed E-state index contributed by atoms with van der Waals surface area (Å²) in [5.41, 5.74) is 0. The molecule has 0 aromatic heterocycles. The van der Waals surface area contributed by atoms with Gasteiger partial charge in [-0.3, -0.25) is 4.79 Å². The predicted octanol–water partition coefficient (Wildman–Crippen LogP) is 0.709. The number of hydrogen-bond donors (Lipinski definition) is 2. The SMILES string of the molecule is CCC(CNS(=O)(=O)C(C#N)CC)CC(=O)O. The van der Waals surface area contributed by atoms with E-state index in [-0.39, 0.29) is 25.3 Å². The fourth-order valence-corrected chi connectivity index (χ4v) is 2.57. The molecule has 0 aromatic rings. The van der Waals surface area contributed by atoms with Crippen molar-refractivity contribution in [1.29, 1.82) is 5.26 Å². The first-order valence-corrected chi connectivity index (χ1v) is 7.01. The van der Waals surface area contributed by atoms with Crippen LogP contribution in [0.2, 0.25) is 0 Å². The molecule has 0 aliphatic heterocycles. The number of rotatable bonds is 8. The van der Waals surface area contributed by atoms with Crippen LogP contribution in [0.3, 0.4) is 0 Å². The topological polar surface area (TPSA) is 107 Å². The summed E-state index contributed by atoms with van der Waals surface area (Å²) in [5.74, 6) is -1.21. The minimum atomic E-state index is -3.67. The fourth-order valence-electron chi connectivity index (χ4n) is 1.32. The molecule has 0 aliphatic carbocycles. The van der Waals surface area contributed by atoms with E-state index in [1.807, 2.05) is 0 Å². The summed E-state index contributed by atoms with van der Waals surface area (Å²) in [6.45, 7) is 3.47. The van der Waals surface area contributed by atoms with Crippen molar-refractivity contribution < 1.29 is 18.3 Å². The Morgan fingerprint density at radius 2 is 2.00 bits per heavy atom. The maximum absolute atomic E-state index is 11.6. The van der Waals surface area contributed by atoms with E-state index in [0.717, 1.165) is 0 Å². The third-order valence-electron chi connectivity index (χ3n) is 2.50. The van der Waals surface area contributed by atoms with Crippen molar-refractivity contribution in [2.24, 2.45) is 5.92 Å². The first-order chi connectivity index (χ1) is 7.87. The van der Waals surface area contributed by atoms with Crippen molar-refractivity contribution in [2.75, 3.05) is 6.54 Å². The summed E-state index contributed by atoms with van der Waals surface area (Å²) >= 11 is 0. The minimum Gasteiger partial charge on any atom is -0.481 e. The molecule has 98 valence electrons. The lowest BCUT2D eigenvalue weighted by Gasteiger charge is -2.15. The zero-order valence-corrected chi connectivity index (χ0v) is 10.8. The van der Waals surface area contributed by atoms with Crippen molar-refractivity contribution >= 4 is 16.0 Å². The van der Waals surface area contributed by atoms with Crippen LogP contribution in [0.4, 0.5) is 0 Å². The largest absolute Gasteiger partial charge is 0.481 e. The van der Waals surface area contributed by atoms with Gasteiger partial charge in [-0.1, -0.05) is 20.3 Å². The van der Waals surface area contributed by atoms with Crippen molar-refractivity contribution in [3.05, 3.63) is 0 Å². The zero-order valence-electron chi connectivity index (χ0n) is 10.0. The van der Waals surface area contributed by atoms with Crippen LogP contribution in [0, 0.1) is 17.2 Å². The van der Waals surface area contributed by atoms with E-state index in [9.17, 15) is 13.2 Å². The number of sulfonamides is 1. The molecule has 0 radical (unpaired) electrons. The normalized spacial score (nSPS) is 14.9. The number of nitrogens with zero attached hydrogens (tertiary/aromatic N) is 1. The Kier molecular flexibility index (Phi) is 6.76. The van der Waals surface area contributed by atoms with Gasteiger partial charge in [0.25, 0.3) is 0 Å². The average Bonchev–Trinajstić information content (AvgIpc) is 2.25. The van der Waals surface area contributed by atoms with Gasteiger partial charge >= 0.3 is 5.97 Å². The van der Waals surface area contributed by atoms with Crippen molar-refractivity contribution in [1.82, 2.24) is 4.72 Å². The maximum Gasteiger partial charge on any atom is 0.303 e. The van der Waals surface area contributed by atoms with Crippen LogP contribution in [0.1, 0.15) is 33.1 Å². The molecule has 0 aromatic carbocycles. The van der Waals surface area contributed by atoms with Crippen molar-refractivity contribution in [3.63, 3.8) is 0 Å². The van der Waals surface area contributed by atoms with E-state index in [1.165, 1.54) is 0 Å². The molecule has 0 aliphatic rings. The van der Waals surface area contributed by atoms with Crippen LogP contribution in [-0.4, -0.2) is 31.3 Å². The highest BCUT2D eigenvalue weighted by atomic mass is 32.2. The molecule has 0 spiro atoms. The summed E-state index contributed by atoms with van der Waals surface area (Å²) in [5, 5.41) is 16.2. The number of hydrogen-bond acceptors (Lipinski definition) is 4. The van der Waals surface area contributed by atoms with Gasteiger partial charge in [0, 0.05) is 13.0 Å². The highest BCUT2D eigenvalue weighted by molar-refractivity contribution is 7.90. The number of carbonyl (C=O) groups is 1. The number of carboxylic acid groups (broad SMARTS) is 1. The molecule has 0 bridgehead atoms. The standard InChI is InChI=1S/C10H18N2O4S/c1-3-8(5-10(13)14)7-12-17(15,16)9(4-2)6-11/h8-9,12H,3-5,7H2,1-2H3,(H,13,14). The van der Waals surface area contributed by atoms with Gasteiger partial charge in [0.1, 0.15) is 0 Å². The average molecular weight is 262 g/mol. The van der Waals surface area contributed by atoms with Gasteiger partial charge < -0.3 is 5.11 Å². The molecule has 0 heterocycles. The summed E-state index contributed by atoms with van der Waals surface area (Å²) < 4.78 is 25.5. The maximum atomic E-state index is 11.6. The zero-order chi connectivity index (χ0) is 13.5. The highest BCUT2D eigenvalue weighted by Crippen LogP contribution is 2.09. The first-order valence-electron chi connectivity index (χ1n) is 5.47. The molecular weight excluding hydrogens is 244 g/mol. The van der Waals surface area contributed by atoms with Crippen LogP contribution in [0.15, 0.2) is 0 Å². The van der Waals surface area contributed by atoms with E-state index in [4.69, 9.17) is 10.4 Å². The molecule has 0 amide bonds. The Hall–Kier alpha value is -1.13. The van der Waals surface area contributed by atoms with E-state index in [1.54, 1.807) is 19.9 Å². The molecule has 6 nitrogen and oxygen atoms in total. The third-order valence-corrected chi connectivity index (χ3v) is 4.26. The molecule has 17 heavy (non-hydrogen) atoms. The highest BCUT2D eigenvalue weighted by Gasteiger charge is 2.24. The summed E-state index contributed by atoms with van der Waals surface area (Å²) in [6.07, 6.45) is 0.697. The molecule has 0 saturated carbocycles. The van der Waals surface area contributed by atoms with Crippen LogP contribution < -0.4 is 4.72 Å². The predicted molar refractivity (Wildman–Crippen MR) is 62.6 cm³/mol. The third kappa shape index (κ3) is 5.65. The van der Waals surface area contributed by atoms with Gasteiger partial charge in [-0.15, -0.1) is 0 Å². The van der Waals surface area contributed by atoms with Crippen LogP contribution in [0.5, 0.6) is 0 Å². The van der Waals surface area contributed by atoms with Crippen LogP contribution in [0.25, 0.3) is 0 Å². The van der Waals surface area contributed by atoms with Crippen molar-refractivity contribution in [3.8, 4) is 6.07 Å². The Balaban J connectivity index is 4.44. The first kappa shape index (κ1) is 15.9. The summed E-state index contributed by atoms with van der Waals surface area (Å²) in [7, 11) is -3.67. The Labute approximate surface area is 102 Å². The fraction of sp³-hybridized carbons (Fsp3) is 0.800. The second kappa shape index (κ2) is 7.25. The van der Waals surface area contributed by atoms with Crippen molar-refractivity contribution in [2.45, 2.75) is 38.4 Å². The smallest absolute Gasteiger partial charge is 0.303 e. The number of aliphatic carboxylic acids is 1. The molecule has 2 N–H and O–H groups in total. The van der Waals surface area contributed by atoms with Gasteiger partial charge in [-0.05, 0) is 12.3 Å². The Bertz CT molecular complexity index is 386. The van der Waals surface area contributed by atoms with Gasteiger partial charge in [0.05, 0.1) is 6.07 Å². The lowest BCUT2D eigenvalue weighted by Crippen LogP contribution is -2.36. The Morgan fingerprint density at radius 3 is 2.35 bits per heavy atom. The van der Waals surface area contributed by atoms with Gasteiger partial charge in [-0.2, -0.15) is 5.26 Å². The minimum absolute atomic E-state index is 0.0588. The molecule has 7 heteroatoms. The van der Waals surface area contributed by atoms with E-state index < -0.39 is 21.2 Å².